The molecule has 0 amide bonds. The molecule has 0 atom stereocenters. The first kappa shape index (κ1) is 21.5. The number of hydrogen-bond donors (Lipinski definition) is 1. The van der Waals surface area contributed by atoms with Crippen molar-refractivity contribution in [2.45, 2.75) is 0 Å². The molecule has 0 saturated carbocycles. The number of nitrogens with one attached hydrogen (secondary N) is 1. The number of carbonyl (C=O) groups excluding carboxylic acids is 2. The topological polar surface area (TPSA) is 92.3 Å². The van der Waals surface area contributed by atoms with Crippen LogP contribution in [0.15, 0.2) is 48.5 Å². The van der Waals surface area contributed by atoms with Crippen LogP contribution in [0.4, 0.5) is 11.4 Å². The van der Waals surface area contributed by atoms with Crippen LogP contribution in [0.5, 0.6) is 0 Å². The number of hydrogen-bond acceptors (Lipinski definition) is 5. The molecule has 0 heterocycles. The Labute approximate surface area is 207 Å². The van der Waals surface area contributed by atoms with Crippen LogP contribution in [-0.2, 0) is 0 Å². The van der Waals surface area contributed by atoms with Crippen molar-refractivity contribution in [2.75, 3.05) is 5.32 Å². The Bertz CT molecular complexity index is 591. The molecular weight excluding hydrogens is 324 g/mol. The molecule has 0 radical (unpaired) electrons. The average Bonchev–Trinajstić information content (AvgIpc) is 2.39. The van der Waals surface area contributed by atoms with E-state index in [2.05, 4.69) is 5.32 Å². The van der Waals surface area contributed by atoms with Gasteiger partial charge in [-0.1, -0.05) is 36.4 Å². The summed E-state index contributed by atoms with van der Waals surface area (Å²) < 4.78 is 0. The summed E-state index contributed by atoms with van der Waals surface area (Å²) in [7, 11) is 0. The Kier molecular flexibility index (Phi) is 10.5. The van der Waals surface area contributed by atoms with Crippen molar-refractivity contribution in [1.82, 2.24) is 0 Å². The summed E-state index contributed by atoms with van der Waals surface area (Å²) in [5.41, 5.74) is 0.429. The van der Waals surface area contributed by atoms with Gasteiger partial charge >= 0.3 is 103 Å². The third-order valence-electron chi connectivity index (χ3n) is 2.56. The number of carboxylic acid groups (broad SMARTS) is 2. The predicted octanol–water partition coefficient (Wildman–Crippen LogP) is -5.83. The van der Waals surface area contributed by atoms with Crippen molar-refractivity contribution in [1.29, 1.82) is 0 Å². The molecule has 2 aromatic rings. The van der Waals surface area contributed by atoms with Crippen LogP contribution < -0.4 is 118 Å². The number of aromatic carboxylic acids is 2. The Morgan fingerprint density at radius 3 is 1.38 bits per heavy atom. The largest absolute Gasteiger partial charge is 1.00 e. The maximum atomic E-state index is 11.0. The minimum Gasteiger partial charge on any atom is -0.545 e. The molecule has 0 unspecified atom stereocenters. The van der Waals surface area contributed by atoms with E-state index in [9.17, 15) is 19.8 Å². The Morgan fingerprint density at radius 1 is 0.714 bits per heavy atom. The molecule has 0 bridgehead atoms. The predicted molar refractivity (Wildman–Crippen MR) is 64.8 cm³/mol. The monoisotopic (exact) mass is 333 g/mol. The fraction of sp³-hybridized carbons (Fsp3) is 0. The van der Waals surface area contributed by atoms with Crippen molar-refractivity contribution < 1.29 is 123 Å². The zero-order chi connectivity index (χ0) is 13.8. The summed E-state index contributed by atoms with van der Waals surface area (Å²) >= 11 is 0. The fourth-order valence-electron chi connectivity index (χ4n) is 1.69. The molecule has 2 aromatic carbocycles. The standard InChI is InChI=1S/C14H11NO4.2K/c16-13(17)9-5-1-3-7-11(9)15-12-8-4-2-6-10(12)14(18)19;;/h1-8,15H,(H,16,17)(H,18,19);;/q;2*+1/p-2. The zero-order valence-electron chi connectivity index (χ0n) is 11.8. The first-order valence-electron chi connectivity index (χ1n) is 5.47. The van der Waals surface area contributed by atoms with Crippen LogP contribution in [0.2, 0.25) is 0 Å². The van der Waals surface area contributed by atoms with Crippen LogP contribution >= 0.6 is 0 Å². The van der Waals surface area contributed by atoms with Crippen molar-refractivity contribution in [3.63, 3.8) is 0 Å². The quantitative estimate of drug-likeness (QED) is 0.563. The molecule has 1 N–H and O–H groups in total. The van der Waals surface area contributed by atoms with E-state index in [1.54, 1.807) is 24.3 Å². The third-order valence-corrected chi connectivity index (χ3v) is 2.56. The average molecular weight is 333 g/mol. The minimum absolute atomic E-state index is 0. The maximum absolute atomic E-state index is 11.0. The minimum atomic E-state index is -1.34. The molecule has 0 aliphatic heterocycles. The van der Waals surface area contributed by atoms with Gasteiger partial charge in [0.1, 0.15) is 0 Å². The van der Waals surface area contributed by atoms with Gasteiger partial charge in [-0.15, -0.1) is 0 Å². The number of carbonyl (C=O) groups is 2. The third kappa shape index (κ3) is 5.87. The van der Waals surface area contributed by atoms with E-state index < -0.39 is 11.9 Å². The SMILES string of the molecule is O=C([O-])c1ccccc1Nc1ccccc1C(=O)[O-].[K+].[K+]. The van der Waals surface area contributed by atoms with Gasteiger partial charge in [0, 0.05) is 22.5 Å². The summed E-state index contributed by atoms with van der Waals surface area (Å²) in [5.74, 6) is -2.68. The summed E-state index contributed by atoms with van der Waals surface area (Å²) in [6.45, 7) is 0. The second-order valence-electron chi connectivity index (χ2n) is 3.79. The summed E-state index contributed by atoms with van der Waals surface area (Å²) in [4.78, 5) is 21.9. The molecule has 0 aliphatic carbocycles. The van der Waals surface area contributed by atoms with Crippen molar-refractivity contribution in [3.05, 3.63) is 59.7 Å². The normalized spacial score (nSPS) is 8.95. The van der Waals surface area contributed by atoms with E-state index in [0.29, 0.717) is 0 Å². The molecule has 7 heteroatoms. The van der Waals surface area contributed by atoms with E-state index >= 15 is 0 Å². The fourth-order valence-corrected chi connectivity index (χ4v) is 1.69. The molecule has 96 valence electrons. The van der Waals surface area contributed by atoms with Gasteiger partial charge in [0.05, 0.1) is 11.9 Å². The number of anilines is 2. The van der Waals surface area contributed by atoms with Crippen molar-refractivity contribution in [3.8, 4) is 0 Å². The molecule has 0 saturated heterocycles. The number of benzene rings is 2. The van der Waals surface area contributed by atoms with Gasteiger partial charge in [-0.2, -0.15) is 0 Å². The summed E-state index contributed by atoms with van der Waals surface area (Å²) in [6.07, 6.45) is 0. The molecule has 0 aliphatic rings. The molecule has 0 aromatic heterocycles. The maximum Gasteiger partial charge on any atom is 1.00 e. The number of para-hydroxylation sites is 2. The van der Waals surface area contributed by atoms with Gasteiger partial charge in [-0.05, 0) is 12.1 Å². The second kappa shape index (κ2) is 10.3. The van der Waals surface area contributed by atoms with E-state index in [4.69, 9.17) is 0 Å². The molecule has 0 fully saturated rings. The first-order chi connectivity index (χ1) is 9.09. The van der Waals surface area contributed by atoms with Crippen LogP contribution in [0, 0.1) is 0 Å². The van der Waals surface area contributed by atoms with Crippen LogP contribution in [0.1, 0.15) is 20.7 Å². The van der Waals surface area contributed by atoms with Gasteiger partial charge in [0.25, 0.3) is 0 Å². The Hall–Kier alpha value is 0.453. The Balaban J connectivity index is 0.00000200. The van der Waals surface area contributed by atoms with E-state index in [0.717, 1.165) is 0 Å². The van der Waals surface area contributed by atoms with E-state index in [1.807, 2.05) is 0 Å². The van der Waals surface area contributed by atoms with Gasteiger partial charge in [-0.3, -0.25) is 0 Å². The Morgan fingerprint density at radius 2 is 1.05 bits per heavy atom. The number of carboxylic acids is 2. The smallest absolute Gasteiger partial charge is 0.545 e. The molecule has 21 heavy (non-hydrogen) atoms. The van der Waals surface area contributed by atoms with Crippen LogP contribution in [0.3, 0.4) is 0 Å². The van der Waals surface area contributed by atoms with E-state index in [-0.39, 0.29) is 125 Å². The molecule has 2 rings (SSSR count). The molecule has 0 spiro atoms. The van der Waals surface area contributed by atoms with Gasteiger partial charge in [0.15, 0.2) is 0 Å². The van der Waals surface area contributed by atoms with E-state index in [1.165, 1.54) is 24.3 Å². The first-order valence-corrected chi connectivity index (χ1v) is 5.47. The van der Waals surface area contributed by atoms with Crippen molar-refractivity contribution >= 4 is 23.3 Å². The molecule has 5 nitrogen and oxygen atoms in total. The van der Waals surface area contributed by atoms with Crippen LogP contribution in [0.25, 0.3) is 0 Å². The van der Waals surface area contributed by atoms with Gasteiger partial charge in [-0.25, -0.2) is 0 Å². The summed E-state index contributed by atoms with van der Waals surface area (Å²) in [6, 6.07) is 12.2. The van der Waals surface area contributed by atoms with Gasteiger partial charge in [0.2, 0.25) is 0 Å². The molecular formula is C14H9K2NO4. The summed E-state index contributed by atoms with van der Waals surface area (Å²) in [5, 5.41) is 24.7. The second-order valence-corrected chi connectivity index (χ2v) is 3.79. The zero-order valence-corrected chi connectivity index (χ0v) is 18.0. The number of rotatable bonds is 4. The van der Waals surface area contributed by atoms with Crippen LogP contribution in [-0.4, -0.2) is 11.9 Å². The van der Waals surface area contributed by atoms with Crippen molar-refractivity contribution in [2.24, 2.45) is 0 Å². The van der Waals surface area contributed by atoms with Gasteiger partial charge < -0.3 is 25.1 Å².